The molecule has 1 aromatic carbocycles. The number of nitrogens with zero attached hydrogens (tertiary/aromatic N) is 1. The number of benzene rings is 1. The second-order valence-electron chi connectivity index (χ2n) is 4.88. The molecule has 2 rings (SSSR count). The molecule has 124 valence electrons. The van der Waals surface area contributed by atoms with Crippen LogP contribution in [-0.2, 0) is 4.74 Å². The number of nitrogens with one attached hydrogen (secondary N) is 2. The number of pyridine rings is 1. The molecule has 0 radical (unpaired) electrons. The van der Waals surface area contributed by atoms with E-state index in [4.69, 9.17) is 4.74 Å². The summed E-state index contributed by atoms with van der Waals surface area (Å²) in [5.41, 5.74) is 2.38. The van der Waals surface area contributed by atoms with Gasteiger partial charge < -0.3 is 15.4 Å². The SMILES string of the molecule is C=CCNC(=O)c1cncc(Nc2ccc(C(=O)OCC)cc2)c1. The van der Waals surface area contributed by atoms with Crippen LogP contribution in [0.3, 0.4) is 0 Å². The Labute approximate surface area is 140 Å². The van der Waals surface area contributed by atoms with Crippen LogP contribution in [0.5, 0.6) is 0 Å². The Hall–Kier alpha value is -3.15. The maximum Gasteiger partial charge on any atom is 0.338 e. The number of carbonyl (C=O) groups excluding carboxylic acids is 2. The summed E-state index contributed by atoms with van der Waals surface area (Å²) in [6.45, 7) is 6.05. The van der Waals surface area contributed by atoms with Gasteiger partial charge in [-0.15, -0.1) is 6.58 Å². The zero-order chi connectivity index (χ0) is 17.4. The van der Waals surface area contributed by atoms with Crippen LogP contribution in [0, 0.1) is 0 Å². The third kappa shape index (κ3) is 4.67. The van der Waals surface area contributed by atoms with Gasteiger partial charge in [-0.1, -0.05) is 6.08 Å². The van der Waals surface area contributed by atoms with E-state index >= 15 is 0 Å². The summed E-state index contributed by atoms with van der Waals surface area (Å²) in [6.07, 6.45) is 4.72. The molecule has 1 heterocycles. The molecule has 2 aromatic rings. The molecule has 0 unspecified atom stereocenters. The molecule has 1 aromatic heterocycles. The van der Waals surface area contributed by atoms with Crippen LogP contribution >= 0.6 is 0 Å². The molecule has 0 aliphatic carbocycles. The van der Waals surface area contributed by atoms with E-state index in [9.17, 15) is 9.59 Å². The largest absolute Gasteiger partial charge is 0.462 e. The Morgan fingerprint density at radius 1 is 1.17 bits per heavy atom. The lowest BCUT2D eigenvalue weighted by Crippen LogP contribution is -2.23. The van der Waals surface area contributed by atoms with Gasteiger partial charge >= 0.3 is 5.97 Å². The molecule has 0 bridgehead atoms. The Kier molecular flexibility index (Phi) is 6.08. The van der Waals surface area contributed by atoms with Gasteiger partial charge in [-0.05, 0) is 37.3 Å². The maximum absolute atomic E-state index is 11.9. The standard InChI is InChI=1S/C18H19N3O3/c1-3-9-20-17(22)14-10-16(12-19-11-14)21-15-7-5-13(6-8-15)18(23)24-4-2/h3,5-8,10-12,21H,1,4,9H2,2H3,(H,20,22). The number of amides is 1. The zero-order valence-corrected chi connectivity index (χ0v) is 13.4. The van der Waals surface area contributed by atoms with Crippen LogP contribution in [-0.4, -0.2) is 30.0 Å². The average molecular weight is 325 g/mol. The quantitative estimate of drug-likeness (QED) is 0.604. The van der Waals surface area contributed by atoms with Gasteiger partial charge in [0.2, 0.25) is 0 Å². The molecule has 0 aliphatic heterocycles. The van der Waals surface area contributed by atoms with Crippen molar-refractivity contribution in [2.75, 3.05) is 18.5 Å². The van der Waals surface area contributed by atoms with E-state index in [1.165, 1.54) is 6.20 Å². The number of anilines is 2. The number of rotatable bonds is 7. The van der Waals surface area contributed by atoms with Gasteiger partial charge in [-0.2, -0.15) is 0 Å². The van der Waals surface area contributed by atoms with E-state index in [0.717, 1.165) is 5.69 Å². The van der Waals surface area contributed by atoms with Gasteiger partial charge in [-0.25, -0.2) is 4.79 Å². The first-order valence-electron chi connectivity index (χ1n) is 7.52. The van der Waals surface area contributed by atoms with Crippen LogP contribution in [0.25, 0.3) is 0 Å². The second kappa shape index (κ2) is 8.47. The van der Waals surface area contributed by atoms with Crippen molar-refractivity contribution in [3.8, 4) is 0 Å². The lowest BCUT2D eigenvalue weighted by Gasteiger charge is -2.09. The summed E-state index contributed by atoms with van der Waals surface area (Å²) in [5, 5.41) is 5.83. The van der Waals surface area contributed by atoms with E-state index < -0.39 is 0 Å². The van der Waals surface area contributed by atoms with Crippen LogP contribution in [0.15, 0.2) is 55.4 Å². The summed E-state index contributed by atoms with van der Waals surface area (Å²) >= 11 is 0. The first-order valence-corrected chi connectivity index (χ1v) is 7.52. The first kappa shape index (κ1) is 17.2. The van der Waals surface area contributed by atoms with Crippen LogP contribution in [0.2, 0.25) is 0 Å². The first-order chi connectivity index (χ1) is 11.6. The highest BCUT2D eigenvalue weighted by atomic mass is 16.5. The number of esters is 1. The predicted molar refractivity (Wildman–Crippen MR) is 92.4 cm³/mol. The molecule has 0 fully saturated rings. The van der Waals surface area contributed by atoms with Gasteiger partial charge in [0.1, 0.15) is 0 Å². The monoisotopic (exact) mass is 325 g/mol. The molecule has 1 amide bonds. The highest BCUT2D eigenvalue weighted by Crippen LogP contribution is 2.17. The lowest BCUT2D eigenvalue weighted by molar-refractivity contribution is 0.0526. The third-order valence-corrected chi connectivity index (χ3v) is 3.09. The van der Waals surface area contributed by atoms with Crippen molar-refractivity contribution >= 4 is 23.3 Å². The minimum absolute atomic E-state index is 0.219. The molecule has 0 aliphatic rings. The molecular weight excluding hydrogens is 306 g/mol. The van der Waals surface area contributed by atoms with Crippen LogP contribution in [0.4, 0.5) is 11.4 Å². The predicted octanol–water partition coefficient (Wildman–Crippen LogP) is 2.92. The van der Waals surface area contributed by atoms with E-state index in [0.29, 0.717) is 30.0 Å². The van der Waals surface area contributed by atoms with Gasteiger partial charge in [0.15, 0.2) is 0 Å². The normalized spacial score (nSPS) is 9.88. The fraction of sp³-hybridized carbons (Fsp3) is 0.167. The van der Waals surface area contributed by atoms with Crippen molar-refractivity contribution in [2.24, 2.45) is 0 Å². The molecule has 0 saturated carbocycles. The van der Waals surface area contributed by atoms with Gasteiger partial charge in [0, 0.05) is 18.4 Å². The van der Waals surface area contributed by atoms with Crippen molar-refractivity contribution in [1.82, 2.24) is 10.3 Å². The van der Waals surface area contributed by atoms with Gasteiger partial charge in [0.25, 0.3) is 5.91 Å². The minimum atomic E-state index is -0.355. The van der Waals surface area contributed by atoms with Crippen molar-refractivity contribution < 1.29 is 14.3 Å². The van der Waals surface area contributed by atoms with E-state index in [-0.39, 0.29) is 11.9 Å². The average Bonchev–Trinajstić information content (AvgIpc) is 2.60. The molecule has 24 heavy (non-hydrogen) atoms. The Bertz CT molecular complexity index is 727. The van der Waals surface area contributed by atoms with Crippen molar-refractivity contribution in [3.63, 3.8) is 0 Å². The lowest BCUT2D eigenvalue weighted by atomic mass is 10.2. The molecule has 0 saturated heterocycles. The molecule has 6 nitrogen and oxygen atoms in total. The molecule has 0 spiro atoms. The van der Waals surface area contributed by atoms with Crippen molar-refractivity contribution in [1.29, 1.82) is 0 Å². The summed E-state index contributed by atoms with van der Waals surface area (Å²) in [7, 11) is 0. The summed E-state index contributed by atoms with van der Waals surface area (Å²) in [4.78, 5) is 27.6. The fourth-order valence-corrected chi connectivity index (χ4v) is 1.97. The Morgan fingerprint density at radius 3 is 2.58 bits per heavy atom. The van der Waals surface area contributed by atoms with Crippen molar-refractivity contribution in [3.05, 3.63) is 66.5 Å². The topological polar surface area (TPSA) is 80.3 Å². The Morgan fingerprint density at radius 2 is 1.92 bits per heavy atom. The summed E-state index contributed by atoms with van der Waals surface area (Å²) in [6, 6.07) is 8.57. The minimum Gasteiger partial charge on any atom is -0.462 e. The highest BCUT2D eigenvalue weighted by Gasteiger charge is 2.08. The number of carbonyl (C=O) groups is 2. The van der Waals surface area contributed by atoms with Crippen molar-refractivity contribution in [2.45, 2.75) is 6.92 Å². The van der Waals surface area contributed by atoms with Crippen LogP contribution in [0.1, 0.15) is 27.6 Å². The summed E-state index contributed by atoms with van der Waals surface area (Å²) < 4.78 is 4.94. The van der Waals surface area contributed by atoms with Crippen LogP contribution < -0.4 is 10.6 Å². The Balaban J connectivity index is 2.07. The van der Waals surface area contributed by atoms with E-state index in [2.05, 4.69) is 22.2 Å². The molecule has 0 atom stereocenters. The molecule has 6 heteroatoms. The van der Waals surface area contributed by atoms with Gasteiger partial charge in [0.05, 0.1) is 29.6 Å². The number of ether oxygens (including phenoxy) is 1. The number of hydrogen-bond donors (Lipinski definition) is 2. The van der Waals surface area contributed by atoms with E-state index in [1.807, 2.05) is 0 Å². The molecular formula is C18H19N3O3. The molecule has 2 N–H and O–H groups in total. The third-order valence-electron chi connectivity index (χ3n) is 3.09. The highest BCUT2D eigenvalue weighted by molar-refractivity contribution is 5.95. The van der Waals surface area contributed by atoms with Gasteiger partial charge in [-0.3, -0.25) is 9.78 Å². The number of aromatic nitrogens is 1. The maximum atomic E-state index is 11.9. The summed E-state index contributed by atoms with van der Waals surface area (Å²) in [5.74, 6) is -0.574. The fourth-order valence-electron chi connectivity index (χ4n) is 1.97. The number of hydrogen-bond acceptors (Lipinski definition) is 5. The smallest absolute Gasteiger partial charge is 0.338 e. The zero-order valence-electron chi connectivity index (χ0n) is 13.4. The second-order valence-corrected chi connectivity index (χ2v) is 4.88. The van der Waals surface area contributed by atoms with E-state index in [1.54, 1.807) is 49.5 Å².